The van der Waals surface area contributed by atoms with Crippen LogP contribution in [0.5, 0.6) is 0 Å². The van der Waals surface area contributed by atoms with E-state index in [-0.39, 0.29) is 17.4 Å². The normalized spacial score (nSPS) is 15.0. The molecular weight excluding hydrogens is 335 g/mol. The first-order chi connectivity index (χ1) is 12.6. The molecule has 6 nitrogen and oxygen atoms in total. The number of aromatic nitrogens is 2. The molecule has 1 aliphatic heterocycles. The first-order valence-corrected chi connectivity index (χ1v) is 8.97. The van der Waals surface area contributed by atoms with E-state index in [0.717, 1.165) is 18.5 Å². The summed E-state index contributed by atoms with van der Waals surface area (Å²) in [5.74, 6) is -0.985. The predicted octanol–water partition coefficient (Wildman–Crippen LogP) is 2.49. The summed E-state index contributed by atoms with van der Waals surface area (Å²) in [4.78, 5) is 28.5. The molecule has 26 heavy (non-hydrogen) atoms. The first-order valence-electron chi connectivity index (χ1n) is 8.97. The van der Waals surface area contributed by atoms with Crippen LogP contribution in [-0.2, 0) is 6.42 Å². The molecule has 7 heteroatoms. The third-order valence-corrected chi connectivity index (χ3v) is 4.54. The monoisotopic (exact) mass is 358 g/mol. The number of aromatic amines is 1. The van der Waals surface area contributed by atoms with Gasteiger partial charge in [-0.25, -0.2) is 4.39 Å². The molecule has 1 aliphatic rings. The number of aryl methyl sites for hydroxylation is 1. The molecule has 1 fully saturated rings. The third-order valence-electron chi connectivity index (χ3n) is 4.54. The lowest BCUT2D eigenvalue weighted by molar-refractivity contribution is 0.0713. The molecule has 0 spiro atoms. The van der Waals surface area contributed by atoms with Gasteiger partial charge in [-0.05, 0) is 31.0 Å². The van der Waals surface area contributed by atoms with Gasteiger partial charge < -0.3 is 9.80 Å². The summed E-state index contributed by atoms with van der Waals surface area (Å²) in [7, 11) is 0. The zero-order chi connectivity index (χ0) is 18.5. The van der Waals surface area contributed by atoms with E-state index < -0.39 is 5.82 Å². The van der Waals surface area contributed by atoms with Crippen molar-refractivity contribution in [3.05, 3.63) is 53.1 Å². The summed E-state index contributed by atoms with van der Waals surface area (Å²) in [6.07, 6.45) is 2.48. The maximum absolute atomic E-state index is 13.9. The minimum Gasteiger partial charge on any atom is -0.337 e. The Bertz CT molecular complexity index is 789. The molecule has 0 radical (unpaired) electrons. The van der Waals surface area contributed by atoms with Gasteiger partial charge in [-0.1, -0.05) is 25.5 Å². The van der Waals surface area contributed by atoms with Crippen molar-refractivity contribution in [1.29, 1.82) is 0 Å². The standard InChI is InChI=1S/C19H23FN4O2/c1-2-6-14-13-17(22-21-14)19(26)24-10-5-9-23(11-12-24)18(25)15-7-3-4-8-16(15)20/h3-4,7-8,13H,2,5-6,9-12H2,1H3,(H,21,22). The summed E-state index contributed by atoms with van der Waals surface area (Å²) in [5, 5.41) is 7.00. The molecule has 2 heterocycles. The lowest BCUT2D eigenvalue weighted by Gasteiger charge is -2.22. The Kier molecular flexibility index (Phi) is 5.65. The smallest absolute Gasteiger partial charge is 0.274 e. The molecule has 0 unspecified atom stereocenters. The van der Waals surface area contributed by atoms with Crippen molar-refractivity contribution >= 4 is 11.8 Å². The number of halogens is 1. The molecule has 1 saturated heterocycles. The van der Waals surface area contributed by atoms with Crippen LogP contribution in [0, 0.1) is 5.82 Å². The number of carbonyl (C=O) groups excluding carboxylic acids is 2. The third kappa shape index (κ3) is 3.92. The molecule has 2 amide bonds. The van der Waals surface area contributed by atoms with E-state index in [9.17, 15) is 14.0 Å². The van der Waals surface area contributed by atoms with E-state index in [1.165, 1.54) is 12.1 Å². The highest BCUT2D eigenvalue weighted by atomic mass is 19.1. The van der Waals surface area contributed by atoms with Crippen molar-refractivity contribution in [2.75, 3.05) is 26.2 Å². The number of amides is 2. The zero-order valence-electron chi connectivity index (χ0n) is 14.9. The largest absolute Gasteiger partial charge is 0.337 e. The fourth-order valence-corrected chi connectivity index (χ4v) is 3.16. The average molecular weight is 358 g/mol. The molecule has 1 N–H and O–H groups in total. The molecular formula is C19H23FN4O2. The van der Waals surface area contributed by atoms with Crippen molar-refractivity contribution in [2.24, 2.45) is 0 Å². The second-order valence-electron chi connectivity index (χ2n) is 6.45. The summed E-state index contributed by atoms with van der Waals surface area (Å²) >= 11 is 0. The maximum Gasteiger partial charge on any atom is 0.274 e. The minimum absolute atomic E-state index is 0.0729. The lowest BCUT2D eigenvalue weighted by atomic mass is 10.2. The summed E-state index contributed by atoms with van der Waals surface area (Å²) in [6, 6.07) is 7.77. The summed E-state index contributed by atoms with van der Waals surface area (Å²) < 4.78 is 13.9. The lowest BCUT2D eigenvalue weighted by Crippen LogP contribution is -2.37. The Labute approximate surface area is 152 Å². The highest BCUT2D eigenvalue weighted by molar-refractivity contribution is 5.95. The molecule has 2 aromatic rings. The van der Waals surface area contributed by atoms with Gasteiger partial charge >= 0.3 is 0 Å². The zero-order valence-corrected chi connectivity index (χ0v) is 14.9. The van der Waals surface area contributed by atoms with E-state index in [4.69, 9.17) is 0 Å². The second kappa shape index (κ2) is 8.12. The van der Waals surface area contributed by atoms with Crippen LogP contribution in [-0.4, -0.2) is 58.0 Å². The van der Waals surface area contributed by atoms with Crippen LogP contribution in [0.2, 0.25) is 0 Å². The number of hydrogen-bond donors (Lipinski definition) is 1. The van der Waals surface area contributed by atoms with Crippen LogP contribution in [0.15, 0.2) is 30.3 Å². The quantitative estimate of drug-likeness (QED) is 0.913. The van der Waals surface area contributed by atoms with Gasteiger partial charge in [0.15, 0.2) is 0 Å². The number of nitrogens with one attached hydrogen (secondary N) is 1. The van der Waals surface area contributed by atoms with Crippen LogP contribution in [0.1, 0.15) is 46.3 Å². The summed E-state index contributed by atoms with van der Waals surface area (Å²) in [5.41, 5.74) is 1.42. The van der Waals surface area contributed by atoms with Crippen molar-refractivity contribution in [1.82, 2.24) is 20.0 Å². The Morgan fingerprint density at radius 1 is 1.12 bits per heavy atom. The number of carbonyl (C=O) groups is 2. The topological polar surface area (TPSA) is 69.3 Å². The SMILES string of the molecule is CCCc1cc(C(=O)N2CCCN(C(=O)c3ccccc3F)CC2)n[nH]1. The van der Waals surface area contributed by atoms with Gasteiger partial charge in [0, 0.05) is 31.9 Å². The molecule has 1 aromatic heterocycles. The van der Waals surface area contributed by atoms with Crippen molar-refractivity contribution in [3.8, 4) is 0 Å². The van der Waals surface area contributed by atoms with E-state index in [0.29, 0.717) is 38.3 Å². The minimum atomic E-state index is -0.519. The van der Waals surface area contributed by atoms with E-state index >= 15 is 0 Å². The van der Waals surface area contributed by atoms with Gasteiger partial charge in [0.1, 0.15) is 11.5 Å². The first kappa shape index (κ1) is 18.1. The second-order valence-corrected chi connectivity index (χ2v) is 6.45. The molecule has 138 valence electrons. The van der Waals surface area contributed by atoms with Crippen LogP contribution < -0.4 is 0 Å². The van der Waals surface area contributed by atoms with Gasteiger partial charge in [0.2, 0.25) is 0 Å². The van der Waals surface area contributed by atoms with Crippen molar-refractivity contribution < 1.29 is 14.0 Å². The van der Waals surface area contributed by atoms with Crippen LogP contribution in [0.3, 0.4) is 0 Å². The Morgan fingerprint density at radius 2 is 1.81 bits per heavy atom. The molecule has 0 atom stereocenters. The molecule has 0 bridgehead atoms. The van der Waals surface area contributed by atoms with Crippen LogP contribution in [0.25, 0.3) is 0 Å². The average Bonchev–Trinajstić information content (AvgIpc) is 2.97. The van der Waals surface area contributed by atoms with Gasteiger partial charge in [0.25, 0.3) is 11.8 Å². The van der Waals surface area contributed by atoms with Gasteiger partial charge in [-0.2, -0.15) is 5.10 Å². The predicted molar refractivity (Wildman–Crippen MR) is 95.4 cm³/mol. The highest BCUT2D eigenvalue weighted by Gasteiger charge is 2.25. The highest BCUT2D eigenvalue weighted by Crippen LogP contribution is 2.14. The van der Waals surface area contributed by atoms with Crippen LogP contribution in [0.4, 0.5) is 4.39 Å². The number of H-pyrrole nitrogens is 1. The Hall–Kier alpha value is -2.70. The molecule has 1 aromatic carbocycles. The number of hydrogen-bond acceptors (Lipinski definition) is 3. The fraction of sp³-hybridized carbons (Fsp3) is 0.421. The molecule has 3 rings (SSSR count). The number of nitrogens with zero attached hydrogens (tertiary/aromatic N) is 3. The van der Waals surface area contributed by atoms with Gasteiger partial charge in [-0.15, -0.1) is 0 Å². The van der Waals surface area contributed by atoms with Crippen LogP contribution >= 0.6 is 0 Å². The molecule has 0 saturated carbocycles. The van der Waals surface area contributed by atoms with E-state index in [1.54, 1.807) is 28.0 Å². The van der Waals surface area contributed by atoms with Gasteiger partial charge in [-0.3, -0.25) is 14.7 Å². The van der Waals surface area contributed by atoms with Gasteiger partial charge in [0.05, 0.1) is 5.56 Å². The maximum atomic E-state index is 13.9. The summed E-state index contributed by atoms with van der Waals surface area (Å²) in [6.45, 7) is 3.91. The Morgan fingerprint density at radius 3 is 2.50 bits per heavy atom. The van der Waals surface area contributed by atoms with E-state index in [2.05, 4.69) is 17.1 Å². The molecule has 0 aliphatic carbocycles. The fourth-order valence-electron chi connectivity index (χ4n) is 3.16. The number of rotatable bonds is 4. The Balaban J connectivity index is 1.65. The van der Waals surface area contributed by atoms with Crippen molar-refractivity contribution in [3.63, 3.8) is 0 Å². The number of benzene rings is 1. The van der Waals surface area contributed by atoms with Crippen molar-refractivity contribution in [2.45, 2.75) is 26.2 Å². The van der Waals surface area contributed by atoms with E-state index in [1.807, 2.05) is 0 Å².